The first-order chi connectivity index (χ1) is 11.1. The number of hydrogen-bond acceptors (Lipinski definition) is 4. The molecule has 23 heavy (non-hydrogen) atoms. The minimum absolute atomic E-state index is 0.144. The lowest BCUT2D eigenvalue weighted by Gasteiger charge is -2.28. The Labute approximate surface area is 140 Å². The molecule has 6 heteroatoms. The van der Waals surface area contributed by atoms with Crippen molar-refractivity contribution in [2.45, 2.75) is 25.8 Å². The van der Waals surface area contributed by atoms with Crippen molar-refractivity contribution >= 4 is 17.5 Å². The minimum atomic E-state index is -0.200. The molecule has 1 aliphatic heterocycles. The number of amides is 1. The summed E-state index contributed by atoms with van der Waals surface area (Å²) in [5, 5.41) is 3.70. The van der Waals surface area contributed by atoms with Gasteiger partial charge in [0.25, 0.3) is 5.91 Å². The Balaban J connectivity index is 1.72. The second-order valence-corrected chi connectivity index (χ2v) is 6.21. The zero-order valence-electron chi connectivity index (χ0n) is 13.1. The van der Waals surface area contributed by atoms with Crippen molar-refractivity contribution in [1.29, 1.82) is 0 Å². The maximum absolute atomic E-state index is 12.3. The Hall–Kier alpha value is -1.85. The number of aromatic nitrogens is 1. The number of nitrogens with one attached hydrogen (secondary N) is 1. The van der Waals surface area contributed by atoms with Crippen LogP contribution in [0.2, 0.25) is 5.02 Å². The van der Waals surface area contributed by atoms with E-state index >= 15 is 0 Å². The number of rotatable bonds is 5. The van der Waals surface area contributed by atoms with E-state index in [1.54, 1.807) is 6.92 Å². The summed E-state index contributed by atoms with van der Waals surface area (Å²) < 4.78 is 5.09. The van der Waals surface area contributed by atoms with E-state index in [-0.39, 0.29) is 11.9 Å². The lowest BCUT2D eigenvalue weighted by atomic mass is 10.1. The molecular weight excluding hydrogens is 314 g/mol. The van der Waals surface area contributed by atoms with Gasteiger partial charge in [0.15, 0.2) is 12.1 Å². The zero-order chi connectivity index (χ0) is 16.2. The Morgan fingerprint density at radius 1 is 1.35 bits per heavy atom. The highest BCUT2D eigenvalue weighted by Crippen LogP contribution is 2.25. The van der Waals surface area contributed by atoms with Gasteiger partial charge in [-0.2, -0.15) is 0 Å². The highest BCUT2D eigenvalue weighted by molar-refractivity contribution is 6.30. The molecule has 2 heterocycles. The van der Waals surface area contributed by atoms with Crippen LogP contribution >= 0.6 is 11.6 Å². The number of benzene rings is 1. The van der Waals surface area contributed by atoms with Crippen molar-refractivity contribution in [1.82, 2.24) is 15.2 Å². The monoisotopic (exact) mass is 333 g/mol. The third-order valence-corrected chi connectivity index (χ3v) is 4.50. The third-order valence-electron chi connectivity index (χ3n) is 4.25. The number of likely N-dealkylation sites (tertiary alicyclic amines) is 1. The molecule has 1 atom stereocenters. The summed E-state index contributed by atoms with van der Waals surface area (Å²) in [6.07, 6.45) is 3.68. The van der Waals surface area contributed by atoms with E-state index in [1.165, 1.54) is 19.2 Å². The molecule has 1 fully saturated rings. The molecule has 1 amide bonds. The maximum Gasteiger partial charge on any atom is 0.273 e. The summed E-state index contributed by atoms with van der Waals surface area (Å²) in [5.41, 5.74) is 1.51. The quantitative estimate of drug-likeness (QED) is 0.912. The molecule has 1 aromatic carbocycles. The summed E-state index contributed by atoms with van der Waals surface area (Å²) in [6.45, 7) is 4.37. The van der Waals surface area contributed by atoms with Gasteiger partial charge in [-0.05, 0) is 50.6 Å². The maximum atomic E-state index is 12.3. The molecule has 1 unspecified atom stereocenters. The van der Waals surface area contributed by atoms with Gasteiger partial charge in [-0.15, -0.1) is 0 Å². The van der Waals surface area contributed by atoms with E-state index in [0.717, 1.165) is 23.7 Å². The Kier molecular flexibility index (Phi) is 4.98. The Morgan fingerprint density at radius 3 is 2.65 bits per heavy atom. The largest absolute Gasteiger partial charge is 0.448 e. The van der Waals surface area contributed by atoms with Gasteiger partial charge in [0.1, 0.15) is 5.76 Å². The number of carbonyl (C=O) groups excluding carboxylic acids is 1. The fourth-order valence-corrected chi connectivity index (χ4v) is 3.12. The summed E-state index contributed by atoms with van der Waals surface area (Å²) in [5.74, 6) is 0.334. The Bertz CT molecular complexity index is 663. The molecule has 1 saturated heterocycles. The number of oxazole rings is 1. The first kappa shape index (κ1) is 16.0. The second kappa shape index (κ2) is 7.15. The molecule has 1 aromatic heterocycles. The van der Waals surface area contributed by atoms with Crippen LogP contribution in [0.4, 0.5) is 0 Å². The smallest absolute Gasteiger partial charge is 0.273 e. The van der Waals surface area contributed by atoms with Gasteiger partial charge >= 0.3 is 0 Å². The first-order valence-corrected chi connectivity index (χ1v) is 8.21. The Morgan fingerprint density at radius 2 is 2.04 bits per heavy atom. The average Bonchev–Trinajstić information content (AvgIpc) is 3.20. The van der Waals surface area contributed by atoms with Crippen molar-refractivity contribution < 1.29 is 9.21 Å². The van der Waals surface area contributed by atoms with Crippen LogP contribution < -0.4 is 5.32 Å². The van der Waals surface area contributed by atoms with Crippen molar-refractivity contribution in [3.05, 3.63) is 52.7 Å². The normalized spacial score (nSPS) is 16.4. The molecule has 0 bridgehead atoms. The summed E-state index contributed by atoms with van der Waals surface area (Å²) in [7, 11) is 0. The predicted molar refractivity (Wildman–Crippen MR) is 88.6 cm³/mol. The molecule has 1 aliphatic rings. The fraction of sp³-hybridized carbons (Fsp3) is 0.412. The lowest BCUT2D eigenvalue weighted by Crippen LogP contribution is -2.37. The molecule has 0 saturated carbocycles. The number of nitrogens with zero attached hydrogens (tertiary/aromatic N) is 2. The third kappa shape index (κ3) is 3.74. The van der Waals surface area contributed by atoms with Crippen molar-refractivity contribution in [2.75, 3.05) is 19.6 Å². The van der Waals surface area contributed by atoms with Crippen LogP contribution in [0.15, 0.2) is 35.1 Å². The number of halogens is 1. The van der Waals surface area contributed by atoms with Crippen LogP contribution in [0.1, 0.15) is 40.7 Å². The van der Waals surface area contributed by atoms with Crippen LogP contribution in [0.5, 0.6) is 0 Å². The van der Waals surface area contributed by atoms with Gasteiger partial charge in [-0.25, -0.2) is 4.98 Å². The number of carbonyl (C=O) groups is 1. The molecular formula is C17H20ClN3O2. The van der Waals surface area contributed by atoms with Crippen LogP contribution in [-0.2, 0) is 0 Å². The van der Waals surface area contributed by atoms with Crippen LogP contribution in [0.3, 0.4) is 0 Å². The summed E-state index contributed by atoms with van der Waals surface area (Å²) in [6, 6.07) is 7.98. The molecule has 1 N–H and O–H groups in total. The van der Waals surface area contributed by atoms with E-state index in [9.17, 15) is 4.79 Å². The van der Waals surface area contributed by atoms with Gasteiger partial charge in [0.05, 0.1) is 6.04 Å². The van der Waals surface area contributed by atoms with E-state index in [1.807, 2.05) is 24.3 Å². The van der Waals surface area contributed by atoms with Gasteiger partial charge in [0.2, 0.25) is 0 Å². The number of aryl methyl sites for hydroxylation is 1. The molecule has 0 radical (unpaired) electrons. The zero-order valence-corrected chi connectivity index (χ0v) is 13.8. The SMILES string of the molecule is Cc1ocnc1C(=O)NCC(c1ccc(Cl)cc1)N1CCCC1. The van der Waals surface area contributed by atoms with Gasteiger partial charge in [-0.1, -0.05) is 23.7 Å². The summed E-state index contributed by atoms with van der Waals surface area (Å²) >= 11 is 5.99. The second-order valence-electron chi connectivity index (χ2n) is 5.78. The molecule has 0 spiro atoms. The van der Waals surface area contributed by atoms with Gasteiger partial charge in [0, 0.05) is 11.6 Å². The van der Waals surface area contributed by atoms with E-state index < -0.39 is 0 Å². The minimum Gasteiger partial charge on any atom is -0.448 e. The molecule has 2 aromatic rings. The predicted octanol–water partition coefficient (Wildman–Crippen LogP) is 3.20. The first-order valence-electron chi connectivity index (χ1n) is 7.83. The molecule has 122 valence electrons. The molecule has 3 rings (SSSR count). The molecule has 0 aliphatic carbocycles. The summed E-state index contributed by atoms with van der Waals surface area (Å²) in [4.78, 5) is 18.6. The van der Waals surface area contributed by atoms with Gasteiger partial charge < -0.3 is 9.73 Å². The topological polar surface area (TPSA) is 58.4 Å². The van der Waals surface area contributed by atoms with E-state index in [0.29, 0.717) is 18.0 Å². The fourth-order valence-electron chi connectivity index (χ4n) is 2.99. The van der Waals surface area contributed by atoms with Crippen LogP contribution in [-0.4, -0.2) is 35.4 Å². The van der Waals surface area contributed by atoms with Crippen LogP contribution in [0.25, 0.3) is 0 Å². The lowest BCUT2D eigenvalue weighted by molar-refractivity contribution is 0.0932. The van der Waals surface area contributed by atoms with E-state index in [4.69, 9.17) is 16.0 Å². The van der Waals surface area contributed by atoms with Gasteiger partial charge in [-0.3, -0.25) is 9.69 Å². The van der Waals surface area contributed by atoms with Crippen molar-refractivity contribution in [3.8, 4) is 0 Å². The van der Waals surface area contributed by atoms with Crippen molar-refractivity contribution in [3.63, 3.8) is 0 Å². The average molecular weight is 334 g/mol. The van der Waals surface area contributed by atoms with E-state index in [2.05, 4.69) is 15.2 Å². The highest BCUT2D eigenvalue weighted by atomic mass is 35.5. The highest BCUT2D eigenvalue weighted by Gasteiger charge is 2.24. The van der Waals surface area contributed by atoms with Crippen LogP contribution in [0, 0.1) is 6.92 Å². The number of hydrogen-bond donors (Lipinski definition) is 1. The van der Waals surface area contributed by atoms with Crippen molar-refractivity contribution in [2.24, 2.45) is 0 Å². The standard InChI is InChI=1S/C17H20ClN3O2/c1-12-16(20-11-23-12)17(22)19-10-15(21-8-2-3-9-21)13-4-6-14(18)7-5-13/h4-7,11,15H,2-3,8-10H2,1H3,(H,19,22). The molecule has 5 nitrogen and oxygen atoms in total.